The summed E-state index contributed by atoms with van der Waals surface area (Å²) in [4.78, 5) is 18.0. The summed E-state index contributed by atoms with van der Waals surface area (Å²) >= 11 is 0. The highest BCUT2D eigenvalue weighted by molar-refractivity contribution is 5.94. The van der Waals surface area contributed by atoms with E-state index in [0.717, 1.165) is 36.4 Å². The predicted molar refractivity (Wildman–Crippen MR) is 105 cm³/mol. The van der Waals surface area contributed by atoms with Crippen LogP contribution in [0.3, 0.4) is 0 Å². The van der Waals surface area contributed by atoms with Gasteiger partial charge in [-0.1, -0.05) is 6.07 Å². The van der Waals surface area contributed by atoms with Crippen LogP contribution in [-0.4, -0.2) is 29.7 Å². The highest BCUT2D eigenvalue weighted by Crippen LogP contribution is 2.44. The van der Waals surface area contributed by atoms with E-state index in [4.69, 9.17) is 9.47 Å². The Morgan fingerprint density at radius 1 is 1.11 bits per heavy atom. The zero-order valence-electron chi connectivity index (χ0n) is 15.2. The summed E-state index contributed by atoms with van der Waals surface area (Å²) in [5.41, 5.74) is 2.48. The lowest BCUT2D eigenvalue weighted by Crippen LogP contribution is -2.24. The van der Waals surface area contributed by atoms with Crippen molar-refractivity contribution in [3.05, 3.63) is 64.3 Å². The molecule has 2 aliphatic heterocycles. The van der Waals surface area contributed by atoms with Gasteiger partial charge in [0, 0.05) is 12.7 Å². The van der Waals surface area contributed by atoms with E-state index < -0.39 is 0 Å². The fraction of sp³-hybridized carbons (Fsp3) is 0.286. The van der Waals surface area contributed by atoms with Crippen molar-refractivity contribution < 1.29 is 14.4 Å². The number of hydrogen-bond donors (Lipinski definition) is 0. The summed E-state index contributed by atoms with van der Waals surface area (Å²) in [5.74, 6) is 1.50. The third-order valence-corrected chi connectivity index (χ3v) is 5.43. The van der Waals surface area contributed by atoms with Crippen LogP contribution in [0.25, 0.3) is 10.9 Å². The Morgan fingerprint density at radius 3 is 2.82 bits per heavy atom. The van der Waals surface area contributed by atoms with Crippen LogP contribution in [0.1, 0.15) is 24.4 Å². The Bertz CT molecular complexity index is 1070. The van der Waals surface area contributed by atoms with Crippen molar-refractivity contribution in [2.24, 2.45) is 0 Å². The topological polar surface area (TPSA) is 77.7 Å². The molecule has 28 heavy (non-hydrogen) atoms. The fourth-order valence-electron chi connectivity index (χ4n) is 4.22. The van der Waals surface area contributed by atoms with E-state index in [1.807, 2.05) is 30.3 Å². The number of nitro groups is 1. The van der Waals surface area contributed by atoms with Gasteiger partial charge < -0.3 is 14.4 Å². The van der Waals surface area contributed by atoms with Crippen LogP contribution in [-0.2, 0) is 0 Å². The van der Waals surface area contributed by atoms with Crippen molar-refractivity contribution in [2.75, 3.05) is 24.7 Å². The minimum Gasteiger partial charge on any atom is -0.486 e. The molecule has 2 aliphatic rings. The van der Waals surface area contributed by atoms with Gasteiger partial charge in [-0.2, -0.15) is 0 Å². The van der Waals surface area contributed by atoms with Crippen molar-refractivity contribution >= 4 is 22.3 Å². The molecule has 1 aromatic heterocycles. The molecule has 7 heteroatoms. The number of nitro benzene ring substituents is 1. The third-order valence-electron chi connectivity index (χ3n) is 5.43. The quantitative estimate of drug-likeness (QED) is 0.501. The molecule has 3 heterocycles. The maximum absolute atomic E-state index is 11.9. The molecule has 1 atom stereocenters. The van der Waals surface area contributed by atoms with Crippen LogP contribution < -0.4 is 14.4 Å². The Morgan fingerprint density at radius 2 is 1.96 bits per heavy atom. The first-order valence-corrected chi connectivity index (χ1v) is 9.41. The van der Waals surface area contributed by atoms with Gasteiger partial charge in [-0.25, -0.2) is 0 Å². The first kappa shape index (κ1) is 16.8. The van der Waals surface area contributed by atoms with Crippen molar-refractivity contribution in [3.8, 4) is 11.5 Å². The van der Waals surface area contributed by atoms with Gasteiger partial charge in [-0.3, -0.25) is 15.1 Å². The van der Waals surface area contributed by atoms with Gasteiger partial charge in [0.15, 0.2) is 11.5 Å². The van der Waals surface area contributed by atoms with Gasteiger partial charge in [-0.15, -0.1) is 0 Å². The van der Waals surface area contributed by atoms with E-state index in [2.05, 4.69) is 9.88 Å². The van der Waals surface area contributed by atoms with Gasteiger partial charge >= 0.3 is 5.69 Å². The first-order valence-electron chi connectivity index (χ1n) is 9.41. The Hall–Kier alpha value is -3.35. The minimum absolute atomic E-state index is 0.0589. The number of aromatic nitrogens is 1. The molecule has 0 bridgehead atoms. The normalized spacial score (nSPS) is 18.4. The molecule has 142 valence electrons. The van der Waals surface area contributed by atoms with Crippen LogP contribution in [0.5, 0.6) is 11.5 Å². The van der Waals surface area contributed by atoms with Crippen LogP contribution >= 0.6 is 0 Å². The van der Waals surface area contributed by atoms with Crippen LogP contribution in [0.15, 0.2) is 48.7 Å². The van der Waals surface area contributed by atoms with Gasteiger partial charge in [0.2, 0.25) is 0 Å². The Labute approximate surface area is 161 Å². The summed E-state index contributed by atoms with van der Waals surface area (Å²) in [6.07, 6.45) is 3.56. The molecule has 0 spiro atoms. The number of ether oxygens (including phenoxy) is 2. The molecule has 3 aromatic rings. The molecule has 0 aliphatic carbocycles. The van der Waals surface area contributed by atoms with Crippen molar-refractivity contribution in [1.82, 2.24) is 4.98 Å². The van der Waals surface area contributed by atoms with Crippen molar-refractivity contribution in [2.45, 2.75) is 18.9 Å². The molecule has 5 rings (SSSR count). The molecule has 0 radical (unpaired) electrons. The van der Waals surface area contributed by atoms with Gasteiger partial charge in [0.25, 0.3) is 0 Å². The number of rotatable bonds is 3. The highest BCUT2D eigenvalue weighted by atomic mass is 16.6. The van der Waals surface area contributed by atoms with E-state index in [-0.39, 0.29) is 16.7 Å². The number of anilines is 1. The van der Waals surface area contributed by atoms with Gasteiger partial charge in [0.05, 0.1) is 21.9 Å². The summed E-state index contributed by atoms with van der Waals surface area (Å²) in [6, 6.07) is 13.2. The number of benzene rings is 2. The van der Waals surface area contributed by atoms with Gasteiger partial charge in [-0.05, 0) is 54.8 Å². The maximum Gasteiger partial charge on any atom is 0.301 e. The number of fused-ring (bicyclic) bond motifs is 2. The zero-order valence-corrected chi connectivity index (χ0v) is 15.2. The minimum atomic E-state index is -0.293. The average molecular weight is 377 g/mol. The second-order valence-corrected chi connectivity index (χ2v) is 7.02. The van der Waals surface area contributed by atoms with E-state index in [0.29, 0.717) is 29.8 Å². The lowest BCUT2D eigenvalue weighted by Gasteiger charge is -2.28. The smallest absolute Gasteiger partial charge is 0.301 e. The Balaban J connectivity index is 1.59. The molecular weight excluding hydrogens is 358 g/mol. The maximum atomic E-state index is 11.9. The third kappa shape index (κ3) is 2.70. The van der Waals surface area contributed by atoms with E-state index >= 15 is 0 Å². The lowest BCUT2D eigenvalue weighted by molar-refractivity contribution is -0.382. The van der Waals surface area contributed by atoms with Crippen LogP contribution in [0, 0.1) is 10.1 Å². The molecule has 1 fully saturated rings. The monoisotopic (exact) mass is 377 g/mol. The highest BCUT2D eigenvalue weighted by Gasteiger charge is 2.32. The SMILES string of the molecule is O=[N+]([O-])c1c(N2CCCC2c2ccc3c(c2)OCCO3)ccc2ncccc12. The standard InChI is InChI=1S/C21H19N3O4/c25-24(26)21-15-3-1-9-22-16(15)6-7-18(21)23-10-2-4-17(23)14-5-8-19-20(13-14)28-12-11-27-19/h1,3,5-9,13,17H,2,4,10-12H2. The number of hydrogen-bond acceptors (Lipinski definition) is 6. The summed E-state index contributed by atoms with van der Waals surface area (Å²) < 4.78 is 11.3. The van der Waals surface area contributed by atoms with Crippen LogP contribution in [0.2, 0.25) is 0 Å². The molecule has 1 unspecified atom stereocenters. The second kappa shape index (κ2) is 6.67. The fourth-order valence-corrected chi connectivity index (χ4v) is 4.22. The average Bonchev–Trinajstić information content (AvgIpc) is 3.22. The number of nitrogens with zero attached hydrogens (tertiary/aromatic N) is 3. The largest absolute Gasteiger partial charge is 0.486 e. The summed E-state index contributed by atoms with van der Waals surface area (Å²) in [7, 11) is 0. The molecule has 7 nitrogen and oxygen atoms in total. The van der Waals surface area contributed by atoms with Crippen molar-refractivity contribution in [1.29, 1.82) is 0 Å². The molecule has 0 amide bonds. The van der Waals surface area contributed by atoms with E-state index in [1.165, 1.54) is 0 Å². The predicted octanol–water partition coefficient (Wildman–Crippen LogP) is 4.26. The zero-order chi connectivity index (χ0) is 19.1. The molecule has 0 N–H and O–H groups in total. The van der Waals surface area contributed by atoms with Crippen molar-refractivity contribution in [3.63, 3.8) is 0 Å². The second-order valence-electron chi connectivity index (χ2n) is 7.02. The first-order chi connectivity index (χ1) is 13.7. The molecule has 2 aromatic carbocycles. The summed E-state index contributed by atoms with van der Waals surface area (Å²) in [6.45, 7) is 1.86. The summed E-state index contributed by atoms with van der Waals surface area (Å²) in [5, 5.41) is 12.5. The van der Waals surface area contributed by atoms with Crippen LogP contribution in [0.4, 0.5) is 11.4 Å². The van der Waals surface area contributed by atoms with Gasteiger partial charge in [0.1, 0.15) is 18.9 Å². The number of pyridine rings is 1. The molecular formula is C21H19N3O4. The lowest BCUT2D eigenvalue weighted by atomic mass is 10.0. The van der Waals surface area contributed by atoms with E-state index in [1.54, 1.807) is 18.3 Å². The van der Waals surface area contributed by atoms with E-state index in [9.17, 15) is 10.1 Å². The Kier molecular flexibility index (Phi) is 4.00. The molecule has 1 saturated heterocycles. The molecule has 0 saturated carbocycles.